The molecule has 0 aliphatic heterocycles. The van der Waals surface area contributed by atoms with Gasteiger partial charge in [0.25, 0.3) is 11.4 Å². The second-order valence-corrected chi connectivity index (χ2v) is 8.67. The molecule has 37 heavy (non-hydrogen) atoms. The third kappa shape index (κ3) is 6.71. The molecule has 0 N–H and O–H groups in total. The fraction of sp³-hybridized carbons (Fsp3) is 0.0769. The molecule has 2 atom stereocenters. The summed E-state index contributed by atoms with van der Waals surface area (Å²) in [7, 11) is 0. The van der Waals surface area contributed by atoms with E-state index in [0.29, 0.717) is 32.3 Å². The molecule has 0 aliphatic rings. The molecular weight excluding hydrogens is 555 g/mol. The third-order valence-electron chi connectivity index (χ3n) is 5.43. The van der Waals surface area contributed by atoms with Crippen molar-refractivity contribution in [2.75, 3.05) is 0 Å². The van der Waals surface area contributed by atoms with Crippen LogP contribution in [0, 0.1) is 20.2 Å². The molecule has 0 fully saturated rings. The summed E-state index contributed by atoms with van der Waals surface area (Å²) in [6.45, 7) is 0. The number of hydrogen-bond acceptors (Lipinski definition) is 6. The molecule has 0 spiro atoms. The van der Waals surface area contributed by atoms with Gasteiger partial charge in [-0.3, -0.25) is 20.2 Å². The first-order valence-corrected chi connectivity index (χ1v) is 11.6. The van der Waals surface area contributed by atoms with Crippen molar-refractivity contribution >= 4 is 48.0 Å². The molecule has 0 aromatic heterocycles. The van der Waals surface area contributed by atoms with Crippen LogP contribution < -0.4 is 0 Å². The Morgan fingerprint density at radius 3 is 1.32 bits per heavy atom. The SMILES string of the molecule is O=[N+]([O-])c1cccc(C([N-]c2ccccc2[S-])C([N-]c2ccccc2[S-])c2cccc([N+](=O)[O-])c2)c1.[Ni]. The number of hydrogen-bond donors (Lipinski definition) is 0. The molecule has 0 saturated heterocycles. The number of benzene rings is 4. The first-order chi connectivity index (χ1) is 17.3. The Hall–Kier alpha value is -3.79. The summed E-state index contributed by atoms with van der Waals surface area (Å²) in [5, 5.41) is 32.8. The van der Waals surface area contributed by atoms with E-state index >= 15 is 0 Å². The van der Waals surface area contributed by atoms with Crippen molar-refractivity contribution in [1.29, 1.82) is 0 Å². The summed E-state index contributed by atoms with van der Waals surface area (Å²) in [4.78, 5) is 23.1. The molecular formula is C26H18N4NiO4S2-4. The van der Waals surface area contributed by atoms with E-state index in [1.807, 2.05) is 0 Å². The molecule has 0 saturated carbocycles. The summed E-state index contributed by atoms with van der Waals surface area (Å²) in [6.07, 6.45) is 0. The molecule has 4 aromatic rings. The summed E-state index contributed by atoms with van der Waals surface area (Å²) in [5.74, 6) is 0. The topological polar surface area (TPSA) is 114 Å². The Kier molecular flexibility index (Phi) is 9.35. The van der Waals surface area contributed by atoms with E-state index in [1.165, 1.54) is 24.3 Å². The number of rotatable bonds is 9. The average Bonchev–Trinajstić information content (AvgIpc) is 2.88. The van der Waals surface area contributed by atoms with Crippen molar-refractivity contribution < 1.29 is 26.3 Å². The summed E-state index contributed by atoms with van der Waals surface area (Å²) >= 11 is 10.9. The standard InChI is InChI=1S/C26H20N4O4S2.Ni/c31-29(32)19-9-5-7-17(15-19)25(27-21-11-1-3-13-23(21)35)26(28-22-12-2-4-14-24(22)36)18-8-6-10-20(16-18)30(33)34;/h1-16,25-26,35-36H;/q-2;/p-2. The van der Waals surface area contributed by atoms with Gasteiger partial charge in [0.05, 0.1) is 9.85 Å². The van der Waals surface area contributed by atoms with Gasteiger partial charge in [0.15, 0.2) is 0 Å². The Labute approximate surface area is 234 Å². The predicted molar refractivity (Wildman–Crippen MR) is 142 cm³/mol. The molecule has 0 bridgehead atoms. The number of nitro groups is 2. The maximum Gasteiger partial charge on any atom is 0.269 e. The minimum Gasteiger partial charge on any atom is -0.781 e. The van der Waals surface area contributed by atoms with Crippen molar-refractivity contribution in [3.63, 3.8) is 0 Å². The molecule has 8 nitrogen and oxygen atoms in total. The van der Waals surface area contributed by atoms with E-state index in [1.54, 1.807) is 72.8 Å². The van der Waals surface area contributed by atoms with Gasteiger partial charge in [0.1, 0.15) is 0 Å². The fourth-order valence-corrected chi connectivity index (χ4v) is 4.13. The number of para-hydroxylation sites is 2. The van der Waals surface area contributed by atoms with E-state index in [0.717, 1.165) is 0 Å². The van der Waals surface area contributed by atoms with Gasteiger partial charge in [-0.25, -0.2) is 0 Å². The van der Waals surface area contributed by atoms with Crippen molar-refractivity contribution in [2.45, 2.75) is 21.9 Å². The van der Waals surface area contributed by atoms with Crippen LogP contribution in [0.4, 0.5) is 22.7 Å². The third-order valence-corrected chi connectivity index (χ3v) is 6.12. The van der Waals surface area contributed by atoms with Gasteiger partial charge in [-0.15, -0.1) is 12.1 Å². The maximum absolute atomic E-state index is 11.5. The quantitative estimate of drug-likeness (QED) is 0.0887. The largest absolute Gasteiger partial charge is 0.781 e. The van der Waals surface area contributed by atoms with Crippen LogP contribution in [0.5, 0.6) is 0 Å². The molecule has 192 valence electrons. The van der Waals surface area contributed by atoms with Gasteiger partial charge in [0.2, 0.25) is 0 Å². The Bertz CT molecular complexity index is 1320. The summed E-state index contributed by atoms with van der Waals surface area (Å²) in [5.41, 5.74) is 1.79. The van der Waals surface area contributed by atoms with E-state index in [-0.39, 0.29) is 27.9 Å². The van der Waals surface area contributed by atoms with Crippen molar-refractivity contribution in [2.24, 2.45) is 0 Å². The number of nitrogens with zero attached hydrogens (tertiary/aromatic N) is 4. The average molecular weight is 573 g/mol. The van der Waals surface area contributed by atoms with Crippen molar-refractivity contribution in [3.05, 3.63) is 139 Å². The van der Waals surface area contributed by atoms with Gasteiger partial charge in [0, 0.05) is 40.8 Å². The van der Waals surface area contributed by atoms with Crippen LogP contribution in [0.15, 0.2) is 107 Å². The Balaban J connectivity index is 0.00000380. The summed E-state index contributed by atoms with van der Waals surface area (Å²) in [6, 6.07) is 24.7. The molecule has 2 unspecified atom stereocenters. The number of non-ortho nitro benzene ring substituents is 2. The van der Waals surface area contributed by atoms with Crippen molar-refractivity contribution in [1.82, 2.24) is 0 Å². The van der Waals surface area contributed by atoms with Crippen molar-refractivity contribution in [3.8, 4) is 0 Å². The molecule has 0 radical (unpaired) electrons. The Morgan fingerprint density at radius 1 is 0.595 bits per heavy atom. The maximum atomic E-state index is 11.5. The van der Waals surface area contributed by atoms with E-state index in [2.05, 4.69) is 0 Å². The molecule has 0 heterocycles. The minimum absolute atomic E-state index is 0. The normalized spacial score (nSPS) is 12.0. The second-order valence-electron chi connectivity index (χ2n) is 7.79. The van der Waals surface area contributed by atoms with Gasteiger partial charge >= 0.3 is 0 Å². The first-order valence-electron chi connectivity index (χ1n) is 10.8. The van der Waals surface area contributed by atoms with Crippen LogP contribution in [0.2, 0.25) is 0 Å². The molecule has 0 aliphatic carbocycles. The predicted octanol–water partition coefficient (Wildman–Crippen LogP) is 7.51. The van der Waals surface area contributed by atoms with Crippen LogP contribution in [-0.4, -0.2) is 9.85 Å². The monoisotopic (exact) mass is 572 g/mol. The van der Waals surface area contributed by atoms with Gasteiger partial charge in [-0.05, 0) is 0 Å². The molecule has 0 amide bonds. The minimum atomic E-state index is -0.800. The van der Waals surface area contributed by atoms with Crippen LogP contribution in [-0.2, 0) is 41.7 Å². The molecule has 4 rings (SSSR count). The fourth-order valence-electron chi connectivity index (χ4n) is 3.73. The molecule has 11 heteroatoms. The van der Waals surface area contributed by atoms with E-state index in [4.69, 9.17) is 35.9 Å². The smallest absolute Gasteiger partial charge is 0.269 e. The Morgan fingerprint density at radius 2 is 0.973 bits per heavy atom. The summed E-state index contributed by atoms with van der Waals surface area (Å²) < 4.78 is 0. The van der Waals surface area contributed by atoms with Crippen LogP contribution >= 0.6 is 0 Å². The van der Waals surface area contributed by atoms with Crippen LogP contribution in [0.25, 0.3) is 10.6 Å². The van der Waals surface area contributed by atoms with E-state index in [9.17, 15) is 20.2 Å². The van der Waals surface area contributed by atoms with E-state index < -0.39 is 21.9 Å². The van der Waals surface area contributed by atoms with Crippen LogP contribution in [0.3, 0.4) is 0 Å². The zero-order valence-electron chi connectivity index (χ0n) is 18.9. The first kappa shape index (κ1) is 27.8. The second kappa shape index (κ2) is 12.4. The van der Waals surface area contributed by atoms with Gasteiger partial charge in [-0.1, -0.05) is 83.9 Å². The number of nitro benzene ring substituents is 2. The van der Waals surface area contributed by atoms with Crippen LogP contribution in [0.1, 0.15) is 23.2 Å². The van der Waals surface area contributed by atoms with Gasteiger partial charge in [-0.2, -0.15) is 21.2 Å². The molecule has 4 aromatic carbocycles. The zero-order valence-corrected chi connectivity index (χ0v) is 21.6. The zero-order chi connectivity index (χ0) is 25.7. The van der Waals surface area contributed by atoms with Gasteiger partial charge < -0.3 is 35.9 Å².